The Kier molecular flexibility index (Phi) is 4.33. The van der Waals surface area contributed by atoms with Crippen molar-refractivity contribution in [2.75, 3.05) is 19.8 Å². The molecular weight excluding hydrogens is 286 g/mol. The van der Waals surface area contributed by atoms with E-state index in [0.29, 0.717) is 13.2 Å². The summed E-state index contributed by atoms with van der Waals surface area (Å²) in [4.78, 5) is 16.9. The molecule has 0 radical (unpaired) electrons. The number of aryl methyl sites for hydroxylation is 1. The topological polar surface area (TPSA) is 49.8 Å². The Morgan fingerprint density at radius 1 is 1.52 bits per heavy atom. The van der Waals surface area contributed by atoms with Crippen molar-refractivity contribution in [3.8, 4) is 0 Å². The van der Waals surface area contributed by atoms with Gasteiger partial charge in [0.25, 0.3) is 5.91 Å². The van der Waals surface area contributed by atoms with Gasteiger partial charge in [0.05, 0.1) is 30.2 Å². The first-order chi connectivity index (χ1) is 10.1. The molecule has 116 valence electrons. The van der Waals surface area contributed by atoms with Crippen molar-refractivity contribution in [2.45, 2.75) is 45.3 Å². The zero-order chi connectivity index (χ0) is 15.0. The molecule has 1 aliphatic heterocycles. The van der Waals surface area contributed by atoms with Gasteiger partial charge in [0, 0.05) is 11.4 Å². The number of nitrogens with zero attached hydrogens (tertiary/aromatic N) is 1. The summed E-state index contributed by atoms with van der Waals surface area (Å²) in [7, 11) is 0. The third-order valence-corrected chi connectivity index (χ3v) is 5.74. The Labute approximate surface area is 129 Å². The van der Waals surface area contributed by atoms with Crippen LogP contribution in [0.5, 0.6) is 0 Å². The molecule has 3 rings (SSSR count). The van der Waals surface area contributed by atoms with Crippen LogP contribution in [0.15, 0.2) is 6.07 Å². The van der Waals surface area contributed by atoms with Crippen molar-refractivity contribution in [3.05, 3.63) is 21.4 Å². The minimum Gasteiger partial charge on any atom is -0.394 e. The number of amides is 1. The van der Waals surface area contributed by atoms with E-state index in [1.807, 2.05) is 11.8 Å². The molecule has 2 aliphatic rings. The molecule has 3 atom stereocenters. The maximum Gasteiger partial charge on any atom is 0.264 e. The normalized spacial score (nSPS) is 29.3. The maximum atomic E-state index is 12.8. The number of carbonyl (C=O) groups excluding carboxylic acids is 1. The molecule has 2 heterocycles. The average molecular weight is 309 g/mol. The van der Waals surface area contributed by atoms with Gasteiger partial charge in [-0.25, -0.2) is 0 Å². The number of aliphatic hydroxyl groups excluding tert-OH is 1. The predicted octanol–water partition coefficient (Wildman–Crippen LogP) is 2.09. The molecular formula is C16H23NO3S. The molecule has 1 aliphatic carbocycles. The summed E-state index contributed by atoms with van der Waals surface area (Å²) in [6.07, 6.45) is 3.17. The van der Waals surface area contributed by atoms with Crippen molar-refractivity contribution < 1.29 is 14.6 Å². The number of ether oxygens (including phenoxy) is 1. The van der Waals surface area contributed by atoms with Crippen LogP contribution in [0.3, 0.4) is 0 Å². The van der Waals surface area contributed by atoms with E-state index in [1.54, 1.807) is 11.3 Å². The van der Waals surface area contributed by atoms with E-state index in [-0.39, 0.29) is 24.7 Å². The number of morpholine rings is 1. The van der Waals surface area contributed by atoms with E-state index in [9.17, 15) is 9.90 Å². The molecule has 0 aromatic carbocycles. The summed E-state index contributed by atoms with van der Waals surface area (Å²) in [6, 6.07) is 2.16. The number of carbonyl (C=O) groups is 1. The Morgan fingerprint density at radius 3 is 3.10 bits per heavy atom. The first kappa shape index (κ1) is 15.0. The molecule has 0 spiro atoms. The molecule has 0 saturated carbocycles. The number of hydrogen-bond donors (Lipinski definition) is 1. The van der Waals surface area contributed by atoms with Crippen LogP contribution in [-0.4, -0.2) is 47.8 Å². The number of hydrogen-bond acceptors (Lipinski definition) is 4. The second kappa shape index (κ2) is 6.07. The maximum absolute atomic E-state index is 12.8. The third-order valence-electron chi connectivity index (χ3n) is 4.51. The summed E-state index contributed by atoms with van der Waals surface area (Å²) < 4.78 is 5.51. The lowest BCUT2D eigenvalue weighted by Gasteiger charge is -2.37. The van der Waals surface area contributed by atoms with Crippen LogP contribution in [0.25, 0.3) is 0 Å². The number of thiophene rings is 1. The number of fused-ring (bicyclic) bond motifs is 1. The smallest absolute Gasteiger partial charge is 0.264 e. The first-order valence-electron chi connectivity index (χ1n) is 7.73. The van der Waals surface area contributed by atoms with Crippen molar-refractivity contribution in [1.82, 2.24) is 4.90 Å². The van der Waals surface area contributed by atoms with Crippen LogP contribution in [0, 0.1) is 5.92 Å². The molecule has 1 N–H and O–H groups in total. The monoisotopic (exact) mass is 309 g/mol. The van der Waals surface area contributed by atoms with E-state index in [4.69, 9.17) is 4.74 Å². The summed E-state index contributed by atoms with van der Waals surface area (Å²) in [6.45, 7) is 5.22. The van der Waals surface area contributed by atoms with Crippen molar-refractivity contribution in [1.29, 1.82) is 0 Å². The number of aliphatic hydroxyl groups is 1. The molecule has 1 aromatic rings. The van der Waals surface area contributed by atoms with Gasteiger partial charge in [-0.05, 0) is 43.7 Å². The Bertz CT molecular complexity index is 528. The SMILES string of the molecule is CC1CCc2sc(C(=O)N3CC(CO)OCC3C)cc2C1. The van der Waals surface area contributed by atoms with Crippen LogP contribution in [-0.2, 0) is 17.6 Å². The molecule has 1 saturated heterocycles. The van der Waals surface area contributed by atoms with Gasteiger partial charge in [0.1, 0.15) is 0 Å². The fourth-order valence-electron chi connectivity index (χ4n) is 3.16. The van der Waals surface area contributed by atoms with Gasteiger partial charge >= 0.3 is 0 Å². The van der Waals surface area contributed by atoms with Gasteiger partial charge in [-0.3, -0.25) is 4.79 Å². The second-order valence-corrected chi connectivity index (χ2v) is 7.49. The number of rotatable bonds is 2. The summed E-state index contributed by atoms with van der Waals surface area (Å²) in [5.41, 5.74) is 1.36. The molecule has 21 heavy (non-hydrogen) atoms. The van der Waals surface area contributed by atoms with Gasteiger partial charge in [-0.1, -0.05) is 6.92 Å². The molecule has 1 amide bonds. The summed E-state index contributed by atoms with van der Waals surface area (Å²) in [5, 5.41) is 9.25. The highest BCUT2D eigenvalue weighted by Crippen LogP contribution is 2.33. The second-order valence-electron chi connectivity index (χ2n) is 6.35. The Balaban J connectivity index is 1.78. The van der Waals surface area contributed by atoms with Crippen LogP contribution < -0.4 is 0 Å². The highest BCUT2D eigenvalue weighted by atomic mass is 32.1. The van der Waals surface area contributed by atoms with Crippen molar-refractivity contribution >= 4 is 17.2 Å². The largest absolute Gasteiger partial charge is 0.394 e. The standard InChI is InChI=1S/C16H23NO3S/c1-10-3-4-14-12(5-10)6-15(21-14)16(19)17-7-13(8-18)20-9-11(17)2/h6,10-11,13,18H,3-5,7-9H2,1-2H3. The molecule has 1 aromatic heterocycles. The fourth-order valence-corrected chi connectivity index (χ4v) is 4.33. The molecule has 5 heteroatoms. The van der Waals surface area contributed by atoms with Gasteiger partial charge in [-0.15, -0.1) is 11.3 Å². The Hall–Kier alpha value is -0.910. The van der Waals surface area contributed by atoms with Gasteiger partial charge in [-0.2, -0.15) is 0 Å². The molecule has 1 fully saturated rings. The zero-order valence-corrected chi connectivity index (χ0v) is 13.5. The van der Waals surface area contributed by atoms with E-state index >= 15 is 0 Å². The van der Waals surface area contributed by atoms with Gasteiger partial charge in [0.2, 0.25) is 0 Å². The minimum absolute atomic E-state index is 0.0328. The van der Waals surface area contributed by atoms with E-state index in [0.717, 1.165) is 23.6 Å². The third kappa shape index (κ3) is 3.00. The molecule has 0 bridgehead atoms. The lowest BCUT2D eigenvalue weighted by Crippen LogP contribution is -2.51. The zero-order valence-electron chi connectivity index (χ0n) is 12.7. The van der Waals surface area contributed by atoms with Crippen molar-refractivity contribution in [2.24, 2.45) is 5.92 Å². The fraction of sp³-hybridized carbons (Fsp3) is 0.688. The quantitative estimate of drug-likeness (QED) is 0.910. The van der Waals surface area contributed by atoms with Crippen LogP contribution >= 0.6 is 11.3 Å². The van der Waals surface area contributed by atoms with E-state index in [2.05, 4.69) is 13.0 Å². The Morgan fingerprint density at radius 2 is 2.33 bits per heavy atom. The average Bonchev–Trinajstić information content (AvgIpc) is 2.90. The van der Waals surface area contributed by atoms with Gasteiger partial charge in [0.15, 0.2) is 0 Å². The summed E-state index contributed by atoms with van der Waals surface area (Å²) in [5.74, 6) is 0.812. The predicted molar refractivity (Wildman–Crippen MR) is 82.8 cm³/mol. The van der Waals surface area contributed by atoms with E-state index in [1.165, 1.54) is 16.9 Å². The highest BCUT2D eigenvalue weighted by molar-refractivity contribution is 7.14. The van der Waals surface area contributed by atoms with Crippen LogP contribution in [0.4, 0.5) is 0 Å². The van der Waals surface area contributed by atoms with Crippen molar-refractivity contribution in [3.63, 3.8) is 0 Å². The lowest BCUT2D eigenvalue weighted by atomic mass is 9.90. The minimum atomic E-state index is -0.250. The first-order valence-corrected chi connectivity index (χ1v) is 8.55. The lowest BCUT2D eigenvalue weighted by molar-refractivity contribution is -0.0666. The van der Waals surface area contributed by atoms with Gasteiger partial charge < -0.3 is 14.7 Å². The summed E-state index contributed by atoms with van der Waals surface area (Å²) >= 11 is 1.66. The van der Waals surface area contributed by atoms with Crippen LogP contribution in [0.2, 0.25) is 0 Å². The van der Waals surface area contributed by atoms with Crippen LogP contribution in [0.1, 0.15) is 40.4 Å². The highest BCUT2D eigenvalue weighted by Gasteiger charge is 2.31. The van der Waals surface area contributed by atoms with E-state index < -0.39 is 0 Å². The molecule has 4 nitrogen and oxygen atoms in total. The molecule has 3 unspecified atom stereocenters.